The maximum atomic E-state index is 11.6. The average Bonchev–Trinajstić information content (AvgIpc) is 3.32. The van der Waals surface area contributed by atoms with Gasteiger partial charge in [0.05, 0.1) is 5.56 Å². The quantitative estimate of drug-likeness (QED) is 0.897. The van der Waals surface area contributed by atoms with Crippen LogP contribution in [0, 0.1) is 0 Å². The minimum Gasteiger partial charge on any atom is -0.365 e. The van der Waals surface area contributed by atoms with Gasteiger partial charge in [-0.1, -0.05) is 16.8 Å². The highest BCUT2D eigenvalue weighted by Gasteiger charge is 2.32. The van der Waals surface area contributed by atoms with Crippen molar-refractivity contribution >= 4 is 23.3 Å². The molecule has 8 nitrogen and oxygen atoms in total. The lowest BCUT2D eigenvalue weighted by molar-refractivity contribution is 0.1000. The summed E-state index contributed by atoms with van der Waals surface area (Å²) >= 11 is 5.81. The SMILES string of the molecule is NC(=O)c1cc(Cl)nnc1N1CCC(c2noc(C3CC3)n2)CC1. The fraction of sp³-hybridized carbons (Fsp3) is 0.533. The third-order valence-corrected chi connectivity index (χ3v) is 4.74. The Bertz CT molecular complexity index is 767. The first-order valence-electron chi connectivity index (χ1n) is 8.03. The number of halogens is 1. The maximum absolute atomic E-state index is 11.6. The van der Waals surface area contributed by atoms with Crippen LogP contribution in [0.4, 0.5) is 5.82 Å². The molecule has 0 radical (unpaired) electrons. The molecule has 0 unspecified atom stereocenters. The van der Waals surface area contributed by atoms with Gasteiger partial charge in [0.15, 0.2) is 16.8 Å². The summed E-state index contributed by atoms with van der Waals surface area (Å²) in [5.74, 6) is 2.21. The van der Waals surface area contributed by atoms with E-state index in [1.165, 1.54) is 6.07 Å². The molecule has 0 aromatic carbocycles. The van der Waals surface area contributed by atoms with Gasteiger partial charge in [-0.2, -0.15) is 4.98 Å². The normalized spacial score (nSPS) is 18.8. The van der Waals surface area contributed by atoms with Crippen molar-refractivity contribution in [3.63, 3.8) is 0 Å². The first kappa shape index (κ1) is 15.3. The minimum absolute atomic E-state index is 0.154. The molecule has 1 amide bonds. The molecule has 0 atom stereocenters. The fourth-order valence-corrected chi connectivity index (χ4v) is 3.18. The third kappa shape index (κ3) is 2.93. The van der Waals surface area contributed by atoms with E-state index in [-0.39, 0.29) is 11.1 Å². The number of piperidine rings is 1. The molecule has 0 spiro atoms. The number of nitrogens with zero attached hydrogens (tertiary/aromatic N) is 5. The van der Waals surface area contributed by atoms with Crippen molar-refractivity contribution in [3.8, 4) is 0 Å². The van der Waals surface area contributed by atoms with Gasteiger partial charge in [-0.25, -0.2) is 0 Å². The van der Waals surface area contributed by atoms with E-state index < -0.39 is 5.91 Å². The Balaban J connectivity index is 1.46. The van der Waals surface area contributed by atoms with E-state index >= 15 is 0 Å². The molecule has 2 aromatic heterocycles. The zero-order chi connectivity index (χ0) is 16.7. The zero-order valence-electron chi connectivity index (χ0n) is 13.0. The number of primary amides is 1. The van der Waals surface area contributed by atoms with E-state index in [4.69, 9.17) is 21.9 Å². The lowest BCUT2D eigenvalue weighted by Crippen LogP contribution is -2.35. The van der Waals surface area contributed by atoms with Crippen LogP contribution in [0.3, 0.4) is 0 Å². The topological polar surface area (TPSA) is 111 Å². The van der Waals surface area contributed by atoms with Crippen LogP contribution in [-0.4, -0.2) is 39.3 Å². The number of carbonyl (C=O) groups is 1. The van der Waals surface area contributed by atoms with Crippen LogP contribution < -0.4 is 10.6 Å². The van der Waals surface area contributed by atoms with E-state index in [0.717, 1.165) is 37.4 Å². The second kappa shape index (κ2) is 6.01. The Hall–Kier alpha value is -2.22. The molecule has 1 aliphatic carbocycles. The van der Waals surface area contributed by atoms with Crippen LogP contribution in [0.25, 0.3) is 0 Å². The van der Waals surface area contributed by atoms with Crippen molar-refractivity contribution in [2.24, 2.45) is 5.73 Å². The Morgan fingerprint density at radius 1 is 1.21 bits per heavy atom. The average molecular weight is 349 g/mol. The van der Waals surface area contributed by atoms with Gasteiger partial charge in [0.1, 0.15) is 0 Å². The van der Waals surface area contributed by atoms with Gasteiger partial charge >= 0.3 is 0 Å². The van der Waals surface area contributed by atoms with Gasteiger partial charge in [0, 0.05) is 24.9 Å². The summed E-state index contributed by atoms with van der Waals surface area (Å²) in [5.41, 5.74) is 5.72. The van der Waals surface area contributed by atoms with Gasteiger partial charge < -0.3 is 15.2 Å². The lowest BCUT2D eigenvalue weighted by Gasteiger charge is -2.31. The Labute approximate surface area is 143 Å². The Morgan fingerprint density at radius 3 is 2.62 bits per heavy atom. The molecule has 4 rings (SSSR count). The van der Waals surface area contributed by atoms with Crippen molar-refractivity contribution < 1.29 is 9.32 Å². The van der Waals surface area contributed by atoms with Crippen molar-refractivity contribution in [2.75, 3.05) is 18.0 Å². The van der Waals surface area contributed by atoms with Gasteiger partial charge in [-0.05, 0) is 31.7 Å². The van der Waals surface area contributed by atoms with Gasteiger partial charge in [-0.3, -0.25) is 4.79 Å². The van der Waals surface area contributed by atoms with Crippen LogP contribution in [0.2, 0.25) is 5.15 Å². The van der Waals surface area contributed by atoms with Crippen molar-refractivity contribution in [1.82, 2.24) is 20.3 Å². The predicted octanol–water partition coefficient (Wildman–Crippen LogP) is 1.87. The molecule has 3 heterocycles. The third-order valence-electron chi connectivity index (χ3n) is 4.55. The maximum Gasteiger partial charge on any atom is 0.252 e. The lowest BCUT2D eigenvalue weighted by atomic mass is 9.96. The van der Waals surface area contributed by atoms with Gasteiger partial charge in [0.2, 0.25) is 5.89 Å². The van der Waals surface area contributed by atoms with Crippen LogP contribution in [0.1, 0.15) is 59.6 Å². The van der Waals surface area contributed by atoms with E-state index in [0.29, 0.717) is 30.4 Å². The molecule has 2 aliphatic rings. The second-order valence-electron chi connectivity index (χ2n) is 6.30. The fourth-order valence-electron chi connectivity index (χ4n) is 3.04. The number of anilines is 1. The molecule has 1 saturated heterocycles. The van der Waals surface area contributed by atoms with E-state index in [1.807, 2.05) is 4.90 Å². The molecule has 1 saturated carbocycles. The number of nitrogens with two attached hydrogens (primary N) is 1. The first-order chi connectivity index (χ1) is 11.6. The smallest absolute Gasteiger partial charge is 0.252 e. The molecule has 24 heavy (non-hydrogen) atoms. The van der Waals surface area contributed by atoms with E-state index in [2.05, 4.69) is 20.3 Å². The Morgan fingerprint density at radius 2 is 1.96 bits per heavy atom. The van der Waals surface area contributed by atoms with Crippen molar-refractivity contribution in [1.29, 1.82) is 0 Å². The molecule has 2 aromatic rings. The van der Waals surface area contributed by atoms with Crippen LogP contribution >= 0.6 is 11.6 Å². The number of carbonyl (C=O) groups excluding carboxylic acids is 1. The highest BCUT2D eigenvalue weighted by atomic mass is 35.5. The minimum atomic E-state index is -0.559. The van der Waals surface area contributed by atoms with Crippen molar-refractivity contribution in [3.05, 3.63) is 28.5 Å². The monoisotopic (exact) mass is 348 g/mol. The largest absolute Gasteiger partial charge is 0.365 e. The number of aromatic nitrogens is 4. The Kier molecular flexibility index (Phi) is 3.84. The molecule has 0 bridgehead atoms. The van der Waals surface area contributed by atoms with Gasteiger partial charge in [0.25, 0.3) is 5.91 Å². The van der Waals surface area contributed by atoms with E-state index in [1.54, 1.807) is 0 Å². The standard InChI is InChI=1S/C15H17ClN6O2/c16-11-7-10(12(17)23)14(20-19-11)22-5-3-8(4-6-22)13-18-15(24-21-13)9-1-2-9/h7-9H,1-6H2,(H2,17,23). The second-order valence-corrected chi connectivity index (χ2v) is 6.68. The summed E-state index contributed by atoms with van der Waals surface area (Å²) in [6.07, 6.45) is 3.99. The molecular formula is C15H17ClN6O2. The number of hydrogen-bond acceptors (Lipinski definition) is 7. The van der Waals surface area contributed by atoms with Gasteiger partial charge in [-0.15, -0.1) is 10.2 Å². The summed E-state index contributed by atoms with van der Waals surface area (Å²) in [5, 5.41) is 12.2. The van der Waals surface area contributed by atoms with Crippen LogP contribution in [0.5, 0.6) is 0 Å². The number of rotatable bonds is 4. The summed E-state index contributed by atoms with van der Waals surface area (Å²) < 4.78 is 5.34. The molecular weight excluding hydrogens is 332 g/mol. The predicted molar refractivity (Wildman–Crippen MR) is 86.0 cm³/mol. The number of amides is 1. The molecule has 2 N–H and O–H groups in total. The summed E-state index contributed by atoms with van der Waals surface area (Å²) in [4.78, 5) is 18.1. The number of hydrogen-bond donors (Lipinski definition) is 1. The van der Waals surface area contributed by atoms with Crippen LogP contribution in [0.15, 0.2) is 10.6 Å². The zero-order valence-corrected chi connectivity index (χ0v) is 13.7. The molecule has 9 heteroatoms. The molecule has 1 aliphatic heterocycles. The van der Waals surface area contributed by atoms with Crippen LogP contribution in [-0.2, 0) is 0 Å². The highest BCUT2D eigenvalue weighted by molar-refractivity contribution is 6.29. The summed E-state index contributed by atoms with van der Waals surface area (Å²) in [7, 11) is 0. The first-order valence-corrected chi connectivity index (χ1v) is 8.41. The van der Waals surface area contributed by atoms with Crippen molar-refractivity contribution in [2.45, 2.75) is 37.5 Å². The summed E-state index contributed by atoms with van der Waals surface area (Å²) in [6, 6.07) is 1.46. The summed E-state index contributed by atoms with van der Waals surface area (Å²) in [6.45, 7) is 1.43. The van der Waals surface area contributed by atoms with E-state index in [9.17, 15) is 4.79 Å². The highest BCUT2D eigenvalue weighted by Crippen LogP contribution is 2.40. The molecule has 2 fully saturated rings. The molecule has 126 valence electrons.